The SMILES string of the molecule is CC[C@H](Oc1ccccc1C)C(=O)Nc1ccc2c(c1)oc1ccccc12. The zero-order valence-corrected chi connectivity index (χ0v) is 15.4. The number of benzene rings is 3. The second-order valence-corrected chi connectivity index (χ2v) is 6.58. The van der Waals surface area contributed by atoms with E-state index in [-0.39, 0.29) is 5.91 Å². The van der Waals surface area contributed by atoms with E-state index in [1.807, 2.05) is 80.6 Å². The van der Waals surface area contributed by atoms with Crippen LogP contribution in [0.2, 0.25) is 0 Å². The third-order valence-corrected chi connectivity index (χ3v) is 4.67. The quantitative estimate of drug-likeness (QED) is 0.498. The first-order valence-corrected chi connectivity index (χ1v) is 9.10. The average molecular weight is 359 g/mol. The van der Waals surface area contributed by atoms with Gasteiger partial charge in [-0.3, -0.25) is 4.79 Å². The number of para-hydroxylation sites is 2. The van der Waals surface area contributed by atoms with Gasteiger partial charge in [0, 0.05) is 22.5 Å². The van der Waals surface area contributed by atoms with Crippen molar-refractivity contribution in [2.24, 2.45) is 0 Å². The van der Waals surface area contributed by atoms with Crippen molar-refractivity contribution in [3.05, 3.63) is 72.3 Å². The summed E-state index contributed by atoms with van der Waals surface area (Å²) in [6.45, 7) is 3.90. The lowest BCUT2D eigenvalue weighted by Gasteiger charge is -2.18. The van der Waals surface area contributed by atoms with Gasteiger partial charge in [-0.15, -0.1) is 0 Å². The van der Waals surface area contributed by atoms with E-state index < -0.39 is 6.10 Å². The number of fused-ring (bicyclic) bond motifs is 3. The van der Waals surface area contributed by atoms with Gasteiger partial charge >= 0.3 is 0 Å². The number of aryl methyl sites for hydroxylation is 1. The van der Waals surface area contributed by atoms with Crippen LogP contribution in [0.4, 0.5) is 5.69 Å². The van der Waals surface area contributed by atoms with Gasteiger partial charge in [0.15, 0.2) is 6.10 Å². The van der Waals surface area contributed by atoms with E-state index in [2.05, 4.69) is 5.32 Å². The van der Waals surface area contributed by atoms with Crippen LogP contribution in [0.3, 0.4) is 0 Å². The summed E-state index contributed by atoms with van der Waals surface area (Å²) in [6.07, 6.45) is 0.0185. The second-order valence-electron chi connectivity index (χ2n) is 6.58. The first-order valence-electron chi connectivity index (χ1n) is 9.10. The van der Waals surface area contributed by atoms with Crippen molar-refractivity contribution in [1.29, 1.82) is 0 Å². The smallest absolute Gasteiger partial charge is 0.265 e. The Morgan fingerprint density at radius 2 is 1.74 bits per heavy atom. The van der Waals surface area contributed by atoms with E-state index in [1.165, 1.54) is 0 Å². The zero-order chi connectivity index (χ0) is 18.8. The number of furan rings is 1. The summed E-state index contributed by atoms with van der Waals surface area (Å²) >= 11 is 0. The predicted octanol–water partition coefficient (Wildman–Crippen LogP) is 5.69. The lowest BCUT2D eigenvalue weighted by Crippen LogP contribution is -2.32. The standard InChI is InChI=1S/C23H21NO3/c1-3-19(26-20-10-6-4-8-15(20)2)23(25)24-16-12-13-18-17-9-5-7-11-21(17)27-22(18)14-16/h4-14,19H,3H2,1-2H3,(H,24,25)/t19-/m0/s1. The zero-order valence-electron chi connectivity index (χ0n) is 15.4. The van der Waals surface area contributed by atoms with Crippen molar-refractivity contribution < 1.29 is 13.9 Å². The predicted molar refractivity (Wildman–Crippen MR) is 108 cm³/mol. The molecule has 1 N–H and O–H groups in total. The molecule has 4 rings (SSSR count). The molecule has 4 aromatic rings. The molecule has 1 atom stereocenters. The molecule has 3 aromatic carbocycles. The fraction of sp³-hybridized carbons (Fsp3) is 0.174. The molecule has 27 heavy (non-hydrogen) atoms. The Balaban J connectivity index is 1.55. The van der Waals surface area contributed by atoms with Gasteiger partial charge in [0.1, 0.15) is 16.9 Å². The number of carbonyl (C=O) groups excluding carboxylic acids is 1. The maximum Gasteiger partial charge on any atom is 0.265 e. The van der Waals surface area contributed by atoms with Gasteiger partial charge in [-0.25, -0.2) is 0 Å². The number of ether oxygens (including phenoxy) is 1. The van der Waals surface area contributed by atoms with Gasteiger partial charge in [-0.2, -0.15) is 0 Å². The van der Waals surface area contributed by atoms with Gasteiger partial charge in [0.25, 0.3) is 5.91 Å². The minimum absolute atomic E-state index is 0.170. The molecule has 0 saturated heterocycles. The Bertz CT molecular complexity index is 1110. The number of carbonyl (C=O) groups is 1. The third-order valence-electron chi connectivity index (χ3n) is 4.67. The van der Waals surface area contributed by atoms with Crippen LogP contribution in [-0.4, -0.2) is 12.0 Å². The largest absolute Gasteiger partial charge is 0.480 e. The topological polar surface area (TPSA) is 51.5 Å². The van der Waals surface area contributed by atoms with Gasteiger partial charge in [-0.1, -0.05) is 43.3 Å². The summed E-state index contributed by atoms with van der Waals surface area (Å²) in [5, 5.41) is 5.05. The monoisotopic (exact) mass is 359 g/mol. The molecule has 0 aliphatic rings. The van der Waals surface area contributed by atoms with Crippen LogP contribution in [0, 0.1) is 6.92 Å². The number of anilines is 1. The van der Waals surface area contributed by atoms with Crippen molar-refractivity contribution in [2.45, 2.75) is 26.4 Å². The lowest BCUT2D eigenvalue weighted by molar-refractivity contribution is -0.122. The minimum atomic E-state index is -0.558. The molecule has 1 heterocycles. The summed E-state index contributed by atoms with van der Waals surface area (Å²) < 4.78 is 11.8. The second kappa shape index (κ2) is 7.16. The van der Waals surface area contributed by atoms with Crippen LogP contribution < -0.4 is 10.1 Å². The molecule has 0 radical (unpaired) electrons. The number of hydrogen-bond donors (Lipinski definition) is 1. The Hall–Kier alpha value is -3.27. The van der Waals surface area contributed by atoms with Crippen LogP contribution in [0.25, 0.3) is 21.9 Å². The molecular formula is C23H21NO3. The van der Waals surface area contributed by atoms with E-state index in [0.29, 0.717) is 12.1 Å². The highest BCUT2D eigenvalue weighted by Crippen LogP contribution is 2.30. The van der Waals surface area contributed by atoms with E-state index in [4.69, 9.17) is 9.15 Å². The fourth-order valence-electron chi connectivity index (χ4n) is 3.19. The van der Waals surface area contributed by atoms with Crippen LogP contribution in [0.5, 0.6) is 5.75 Å². The first kappa shape index (κ1) is 17.2. The van der Waals surface area contributed by atoms with Gasteiger partial charge in [0.05, 0.1) is 0 Å². The number of amides is 1. The minimum Gasteiger partial charge on any atom is -0.480 e. The molecule has 1 amide bonds. The highest BCUT2D eigenvalue weighted by Gasteiger charge is 2.19. The molecule has 4 heteroatoms. The third kappa shape index (κ3) is 3.38. The lowest BCUT2D eigenvalue weighted by atomic mass is 10.1. The van der Waals surface area contributed by atoms with Crippen LogP contribution in [0.1, 0.15) is 18.9 Å². The molecule has 4 nitrogen and oxygen atoms in total. The number of hydrogen-bond acceptors (Lipinski definition) is 3. The molecule has 0 fully saturated rings. The first-order chi connectivity index (χ1) is 13.2. The molecule has 0 aliphatic carbocycles. The van der Waals surface area contributed by atoms with Crippen LogP contribution in [0.15, 0.2) is 71.1 Å². The van der Waals surface area contributed by atoms with Crippen molar-refractivity contribution in [3.8, 4) is 5.75 Å². The molecule has 0 spiro atoms. The Morgan fingerprint density at radius 3 is 2.56 bits per heavy atom. The molecule has 136 valence electrons. The van der Waals surface area contributed by atoms with Crippen LogP contribution >= 0.6 is 0 Å². The summed E-state index contributed by atoms with van der Waals surface area (Å²) in [5.74, 6) is 0.559. The molecule has 0 saturated carbocycles. The van der Waals surface area contributed by atoms with Crippen molar-refractivity contribution in [3.63, 3.8) is 0 Å². The summed E-state index contributed by atoms with van der Waals surface area (Å²) in [6, 6.07) is 21.3. The molecule has 0 bridgehead atoms. The molecular weight excluding hydrogens is 338 g/mol. The highest BCUT2D eigenvalue weighted by atomic mass is 16.5. The molecule has 0 unspecified atom stereocenters. The maximum absolute atomic E-state index is 12.7. The van der Waals surface area contributed by atoms with E-state index in [9.17, 15) is 4.79 Å². The Kier molecular flexibility index (Phi) is 4.55. The van der Waals surface area contributed by atoms with Crippen molar-refractivity contribution in [2.75, 3.05) is 5.32 Å². The van der Waals surface area contributed by atoms with Crippen molar-refractivity contribution >= 4 is 33.5 Å². The van der Waals surface area contributed by atoms with E-state index in [0.717, 1.165) is 33.3 Å². The maximum atomic E-state index is 12.7. The number of nitrogens with one attached hydrogen (secondary N) is 1. The Morgan fingerprint density at radius 1 is 1.00 bits per heavy atom. The normalized spacial score (nSPS) is 12.2. The average Bonchev–Trinajstić information content (AvgIpc) is 3.05. The summed E-state index contributed by atoms with van der Waals surface area (Å²) in [7, 11) is 0. The van der Waals surface area contributed by atoms with Gasteiger partial charge in [-0.05, 0) is 43.2 Å². The fourth-order valence-corrected chi connectivity index (χ4v) is 3.19. The summed E-state index contributed by atoms with van der Waals surface area (Å²) in [4.78, 5) is 12.7. The molecule has 0 aliphatic heterocycles. The molecule has 1 aromatic heterocycles. The summed E-state index contributed by atoms with van der Waals surface area (Å²) in [5.41, 5.74) is 3.29. The van der Waals surface area contributed by atoms with Gasteiger partial charge in [0.2, 0.25) is 0 Å². The van der Waals surface area contributed by atoms with Gasteiger partial charge < -0.3 is 14.5 Å². The van der Waals surface area contributed by atoms with E-state index in [1.54, 1.807) is 0 Å². The highest BCUT2D eigenvalue weighted by molar-refractivity contribution is 6.06. The van der Waals surface area contributed by atoms with Crippen LogP contribution in [-0.2, 0) is 4.79 Å². The van der Waals surface area contributed by atoms with E-state index >= 15 is 0 Å². The van der Waals surface area contributed by atoms with Crippen molar-refractivity contribution in [1.82, 2.24) is 0 Å². The Labute approximate surface area is 157 Å². The number of rotatable bonds is 5.